The van der Waals surface area contributed by atoms with E-state index in [0.29, 0.717) is 11.1 Å². The van der Waals surface area contributed by atoms with Crippen molar-refractivity contribution in [3.05, 3.63) is 36.2 Å². The minimum Gasteiger partial charge on any atom is -0.392 e. The summed E-state index contributed by atoms with van der Waals surface area (Å²) in [6.45, 7) is 1.85. The van der Waals surface area contributed by atoms with Crippen molar-refractivity contribution in [3.63, 3.8) is 0 Å². The van der Waals surface area contributed by atoms with E-state index in [9.17, 15) is 4.79 Å². The summed E-state index contributed by atoms with van der Waals surface area (Å²) in [6.07, 6.45) is 2.63. The first-order valence-electron chi connectivity index (χ1n) is 5.34. The van der Waals surface area contributed by atoms with Gasteiger partial charge in [-0.3, -0.25) is 14.8 Å². The van der Waals surface area contributed by atoms with Crippen molar-refractivity contribution >= 4 is 16.9 Å². The Bertz CT molecular complexity index is 540. The number of hydrogen-bond acceptors (Lipinski definition) is 4. The zero-order valence-corrected chi connectivity index (χ0v) is 9.42. The molecule has 0 aliphatic heterocycles. The predicted octanol–water partition coefficient (Wildman–Crippen LogP) is 0.740. The van der Waals surface area contributed by atoms with E-state index >= 15 is 0 Å². The Morgan fingerprint density at radius 3 is 2.76 bits per heavy atom. The molecule has 88 valence electrons. The fourth-order valence-electron chi connectivity index (χ4n) is 1.45. The predicted molar refractivity (Wildman–Crippen MR) is 63.6 cm³/mol. The van der Waals surface area contributed by atoms with Crippen molar-refractivity contribution in [1.29, 1.82) is 0 Å². The summed E-state index contributed by atoms with van der Waals surface area (Å²) in [6, 6.07) is 5.12. The fraction of sp³-hybridized carbons (Fsp3) is 0.250. The Kier molecular flexibility index (Phi) is 3.30. The van der Waals surface area contributed by atoms with Gasteiger partial charge in [0, 0.05) is 24.5 Å². The van der Waals surface area contributed by atoms with Gasteiger partial charge in [0.25, 0.3) is 5.91 Å². The summed E-state index contributed by atoms with van der Waals surface area (Å²) < 4.78 is 0. The molecule has 0 bridgehead atoms. The van der Waals surface area contributed by atoms with Crippen LogP contribution >= 0.6 is 0 Å². The molecule has 1 aromatic heterocycles. The normalized spacial score (nSPS) is 12.4. The van der Waals surface area contributed by atoms with Gasteiger partial charge in [0.15, 0.2) is 0 Å². The highest BCUT2D eigenvalue weighted by Crippen LogP contribution is 2.10. The van der Waals surface area contributed by atoms with Gasteiger partial charge in [0.1, 0.15) is 0 Å². The maximum Gasteiger partial charge on any atom is 0.251 e. The molecule has 0 aliphatic carbocycles. The first-order chi connectivity index (χ1) is 8.16. The van der Waals surface area contributed by atoms with E-state index in [1.54, 1.807) is 37.5 Å². The quantitative estimate of drug-likeness (QED) is 0.817. The van der Waals surface area contributed by atoms with Crippen molar-refractivity contribution in [3.8, 4) is 0 Å². The number of nitrogens with zero attached hydrogens (tertiary/aromatic N) is 2. The number of fused-ring (bicyclic) bond motifs is 1. The fourth-order valence-corrected chi connectivity index (χ4v) is 1.45. The molecule has 1 aromatic carbocycles. The zero-order chi connectivity index (χ0) is 12.3. The number of carbonyl (C=O) groups is 1. The van der Waals surface area contributed by atoms with Crippen LogP contribution in [0, 0.1) is 0 Å². The van der Waals surface area contributed by atoms with Gasteiger partial charge in [-0.25, -0.2) is 0 Å². The average molecular weight is 231 g/mol. The number of amides is 1. The standard InChI is InChI=1S/C12H13N3O2/c1-8(16)7-15-12(17)9-2-3-10-11(6-9)14-5-4-13-10/h2-6,8,16H,7H2,1H3,(H,15,17). The van der Waals surface area contributed by atoms with Gasteiger partial charge < -0.3 is 10.4 Å². The van der Waals surface area contributed by atoms with Crippen LogP contribution in [0.4, 0.5) is 0 Å². The highest BCUT2D eigenvalue weighted by molar-refractivity contribution is 5.97. The summed E-state index contributed by atoms with van der Waals surface area (Å²) in [5.74, 6) is -0.224. The molecular weight excluding hydrogens is 218 g/mol. The van der Waals surface area contributed by atoms with E-state index in [1.165, 1.54) is 0 Å². The average Bonchev–Trinajstić information content (AvgIpc) is 2.35. The van der Waals surface area contributed by atoms with Crippen LogP contribution in [0.3, 0.4) is 0 Å². The Balaban J connectivity index is 2.21. The molecule has 1 heterocycles. The van der Waals surface area contributed by atoms with Gasteiger partial charge in [0.2, 0.25) is 0 Å². The first-order valence-corrected chi connectivity index (χ1v) is 5.34. The van der Waals surface area contributed by atoms with E-state index in [1.807, 2.05) is 0 Å². The van der Waals surface area contributed by atoms with Crippen LogP contribution in [0.15, 0.2) is 30.6 Å². The Hall–Kier alpha value is -2.01. The number of benzene rings is 1. The molecule has 1 unspecified atom stereocenters. The third kappa shape index (κ3) is 2.76. The molecule has 2 N–H and O–H groups in total. The lowest BCUT2D eigenvalue weighted by Crippen LogP contribution is -2.30. The number of hydrogen-bond donors (Lipinski definition) is 2. The van der Waals surface area contributed by atoms with Crippen molar-refractivity contribution in [2.75, 3.05) is 6.54 Å². The minimum absolute atomic E-state index is 0.224. The van der Waals surface area contributed by atoms with Crippen LogP contribution in [0.2, 0.25) is 0 Å². The third-order valence-corrected chi connectivity index (χ3v) is 2.29. The van der Waals surface area contributed by atoms with Gasteiger partial charge >= 0.3 is 0 Å². The lowest BCUT2D eigenvalue weighted by molar-refractivity contribution is 0.0924. The van der Waals surface area contributed by atoms with Crippen molar-refractivity contribution < 1.29 is 9.90 Å². The first kappa shape index (κ1) is 11.5. The number of aliphatic hydroxyl groups is 1. The SMILES string of the molecule is CC(O)CNC(=O)c1ccc2nccnc2c1. The summed E-state index contributed by atoms with van der Waals surface area (Å²) in [5, 5.41) is 11.7. The van der Waals surface area contributed by atoms with Gasteiger partial charge in [0.05, 0.1) is 17.1 Å². The maximum absolute atomic E-state index is 11.7. The summed E-state index contributed by atoms with van der Waals surface area (Å²) in [4.78, 5) is 20.0. The minimum atomic E-state index is -0.556. The van der Waals surface area contributed by atoms with Crippen LogP contribution in [0.25, 0.3) is 11.0 Å². The number of aliphatic hydroxyl groups excluding tert-OH is 1. The van der Waals surface area contributed by atoms with Crippen LogP contribution in [-0.2, 0) is 0 Å². The molecule has 1 amide bonds. The van der Waals surface area contributed by atoms with Crippen LogP contribution < -0.4 is 5.32 Å². The lowest BCUT2D eigenvalue weighted by Gasteiger charge is -2.07. The molecule has 0 radical (unpaired) electrons. The molecule has 0 aliphatic rings. The Morgan fingerprint density at radius 2 is 2.06 bits per heavy atom. The molecule has 17 heavy (non-hydrogen) atoms. The number of aromatic nitrogens is 2. The van der Waals surface area contributed by atoms with Crippen molar-refractivity contribution in [2.24, 2.45) is 0 Å². The zero-order valence-electron chi connectivity index (χ0n) is 9.42. The smallest absolute Gasteiger partial charge is 0.251 e. The second-order valence-electron chi connectivity index (χ2n) is 3.82. The van der Waals surface area contributed by atoms with Gasteiger partial charge in [-0.15, -0.1) is 0 Å². The molecule has 0 fully saturated rings. The van der Waals surface area contributed by atoms with Crippen LogP contribution in [0.1, 0.15) is 17.3 Å². The van der Waals surface area contributed by atoms with Crippen LogP contribution in [-0.4, -0.2) is 33.6 Å². The van der Waals surface area contributed by atoms with Crippen molar-refractivity contribution in [2.45, 2.75) is 13.0 Å². The van der Waals surface area contributed by atoms with Crippen LogP contribution in [0.5, 0.6) is 0 Å². The summed E-state index contributed by atoms with van der Waals surface area (Å²) in [7, 11) is 0. The molecule has 2 aromatic rings. The van der Waals surface area contributed by atoms with E-state index in [-0.39, 0.29) is 12.5 Å². The second kappa shape index (κ2) is 4.88. The van der Waals surface area contributed by atoms with Crippen molar-refractivity contribution in [1.82, 2.24) is 15.3 Å². The lowest BCUT2D eigenvalue weighted by atomic mass is 10.2. The van der Waals surface area contributed by atoms with E-state index in [4.69, 9.17) is 5.11 Å². The molecule has 1 atom stereocenters. The van der Waals surface area contributed by atoms with Gasteiger partial charge in [-0.2, -0.15) is 0 Å². The molecule has 5 heteroatoms. The third-order valence-electron chi connectivity index (χ3n) is 2.29. The largest absolute Gasteiger partial charge is 0.392 e. The Morgan fingerprint density at radius 1 is 1.35 bits per heavy atom. The second-order valence-corrected chi connectivity index (χ2v) is 3.82. The maximum atomic E-state index is 11.7. The molecule has 2 rings (SSSR count). The number of nitrogens with one attached hydrogen (secondary N) is 1. The molecule has 0 saturated carbocycles. The monoisotopic (exact) mass is 231 g/mol. The molecule has 0 saturated heterocycles. The van der Waals surface area contributed by atoms with E-state index in [2.05, 4.69) is 15.3 Å². The topological polar surface area (TPSA) is 75.1 Å². The van der Waals surface area contributed by atoms with Gasteiger partial charge in [-0.1, -0.05) is 0 Å². The summed E-state index contributed by atoms with van der Waals surface area (Å²) in [5.41, 5.74) is 1.94. The van der Waals surface area contributed by atoms with E-state index < -0.39 is 6.10 Å². The highest BCUT2D eigenvalue weighted by atomic mass is 16.3. The van der Waals surface area contributed by atoms with Gasteiger partial charge in [-0.05, 0) is 25.1 Å². The highest BCUT2D eigenvalue weighted by Gasteiger charge is 2.07. The number of rotatable bonds is 3. The Labute approximate surface area is 98.5 Å². The number of carbonyl (C=O) groups excluding carboxylic acids is 1. The summed E-state index contributed by atoms with van der Waals surface area (Å²) >= 11 is 0. The molecule has 5 nitrogen and oxygen atoms in total. The molecular formula is C12H13N3O2. The molecule has 0 spiro atoms. The van der Waals surface area contributed by atoms with E-state index in [0.717, 1.165) is 5.52 Å².